The van der Waals surface area contributed by atoms with Crippen LogP contribution in [0, 0.1) is 0 Å². The lowest BCUT2D eigenvalue weighted by Gasteiger charge is -2.00. The van der Waals surface area contributed by atoms with Gasteiger partial charge in [-0.1, -0.05) is 48.1 Å². The fourth-order valence-electron chi connectivity index (χ4n) is 1.32. The fourth-order valence-corrected chi connectivity index (χ4v) is 1.32. The Kier molecular flexibility index (Phi) is 8.55. The van der Waals surface area contributed by atoms with E-state index in [0.717, 1.165) is 36.8 Å². The minimum Gasteiger partial charge on any atom is -0.392 e. The highest BCUT2D eigenvalue weighted by molar-refractivity contribution is 5.12. The first-order chi connectivity index (χ1) is 7.60. The molecule has 0 rings (SSSR count). The Bertz CT molecular complexity index is 282. The molecule has 0 spiro atoms. The van der Waals surface area contributed by atoms with Gasteiger partial charge in [-0.3, -0.25) is 0 Å². The summed E-state index contributed by atoms with van der Waals surface area (Å²) in [6.45, 7) is 11.8. The summed E-state index contributed by atoms with van der Waals surface area (Å²) in [5.41, 5.74) is 3.55. The van der Waals surface area contributed by atoms with Gasteiger partial charge in [0.25, 0.3) is 0 Å². The third-order valence-electron chi connectivity index (χ3n) is 2.53. The third kappa shape index (κ3) is 8.25. The van der Waals surface area contributed by atoms with Crippen molar-refractivity contribution in [1.82, 2.24) is 0 Å². The number of hydrogen-bond donors (Lipinski definition) is 1. The maximum absolute atomic E-state index is 8.83. The Morgan fingerprint density at radius 3 is 2.19 bits per heavy atom. The summed E-state index contributed by atoms with van der Waals surface area (Å²) in [4.78, 5) is 0. The predicted molar refractivity (Wildman–Crippen MR) is 72.4 cm³/mol. The Labute approximate surface area is 99.9 Å². The molecule has 0 saturated heterocycles. The van der Waals surface area contributed by atoms with Gasteiger partial charge in [-0.25, -0.2) is 0 Å². The minimum absolute atomic E-state index is 0.169. The zero-order chi connectivity index (χ0) is 12.4. The molecule has 0 aromatic heterocycles. The molecule has 0 radical (unpaired) electrons. The Balaban J connectivity index is 3.79. The van der Waals surface area contributed by atoms with Crippen molar-refractivity contribution in [2.45, 2.75) is 39.5 Å². The summed E-state index contributed by atoms with van der Waals surface area (Å²) in [6, 6.07) is 0. The number of hydrogen-bond acceptors (Lipinski definition) is 1. The number of aliphatic hydroxyl groups excluding tert-OH is 1. The molecule has 1 N–H and O–H groups in total. The summed E-state index contributed by atoms with van der Waals surface area (Å²) in [5, 5.41) is 8.83. The molecular weight excluding hydrogens is 196 g/mol. The third-order valence-corrected chi connectivity index (χ3v) is 2.53. The quantitative estimate of drug-likeness (QED) is 0.481. The minimum atomic E-state index is 0.169. The summed E-state index contributed by atoms with van der Waals surface area (Å²) >= 11 is 0. The van der Waals surface area contributed by atoms with E-state index in [4.69, 9.17) is 5.11 Å². The van der Waals surface area contributed by atoms with Gasteiger partial charge in [-0.05, 0) is 39.5 Å². The van der Waals surface area contributed by atoms with Gasteiger partial charge in [-0.15, -0.1) is 0 Å². The van der Waals surface area contributed by atoms with Gasteiger partial charge in [0.1, 0.15) is 0 Å². The molecule has 0 aromatic carbocycles. The number of rotatable bonds is 8. The van der Waals surface area contributed by atoms with Crippen LogP contribution in [0.2, 0.25) is 0 Å². The number of allylic oxidation sites excluding steroid dienone is 5. The van der Waals surface area contributed by atoms with E-state index >= 15 is 0 Å². The van der Waals surface area contributed by atoms with Crippen LogP contribution >= 0.6 is 0 Å². The van der Waals surface area contributed by atoms with Crippen molar-refractivity contribution in [3.8, 4) is 0 Å². The average Bonchev–Trinajstić information content (AvgIpc) is 2.28. The van der Waals surface area contributed by atoms with E-state index in [1.807, 2.05) is 13.0 Å². The Morgan fingerprint density at radius 2 is 1.62 bits per heavy atom. The smallest absolute Gasteiger partial charge is 0.0639 e. The molecule has 16 heavy (non-hydrogen) atoms. The molecule has 0 aliphatic carbocycles. The van der Waals surface area contributed by atoms with E-state index in [-0.39, 0.29) is 6.61 Å². The first-order valence-corrected chi connectivity index (χ1v) is 5.82. The van der Waals surface area contributed by atoms with Crippen LogP contribution < -0.4 is 0 Å². The van der Waals surface area contributed by atoms with Gasteiger partial charge >= 0.3 is 0 Å². The maximum atomic E-state index is 8.83. The SMILES string of the molecule is C=CC(=C)CC/C=C(/C)CC/C=C(\C)CO. The highest BCUT2D eigenvalue weighted by Crippen LogP contribution is 2.10. The van der Waals surface area contributed by atoms with E-state index in [0.29, 0.717) is 0 Å². The van der Waals surface area contributed by atoms with Crippen molar-refractivity contribution in [2.24, 2.45) is 0 Å². The van der Waals surface area contributed by atoms with Crippen molar-refractivity contribution in [3.05, 3.63) is 48.1 Å². The summed E-state index contributed by atoms with van der Waals surface area (Å²) in [7, 11) is 0. The van der Waals surface area contributed by atoms with Crippen molar-refractivity contribution < 1.29 is 5.11 Å². The second-order valence-corrected chi connectivity index (χ2v) is 4.20. The highest BCUT2D eigenvalue weighted by Gasteiger charge is 1.91. The zero-order valence-electron chi connectivity index (χ0n) is 10.6. The monoisotopic (exact) mass is 220 g/mol. The second-order valence-electron chi connectivity index (χ2n) is 4.20. The van der Waals surface area contributed by atoms with Crippen molar-refractivity contribution in [2.75, 3.05) is 6.61 Å². The molecule has 1 heteroatoms. The van der Waals surface area contributed by atoms with E-state index < -0.39 is 0 Å². The van der Waals surface area contributed by atoms with Gasteiger partial charge < -0.3 is 5.11 Å². The van der Waals surface area contributed by atoms with E-state index in [1.165, 1.54) is 5.57 Å². The predicted octanol–water partition coefficient (Wildman–Crippen LogP) is 4.17. The molecule has 90 valence electrons. The molecule has 0 aromatic rings. The first kappa shape index (κ1) is 14.9. The van der Waals surface area contributed by atoms with Crippen LogP contribution in [-0.4, -0.2) is 11.7 Å². The van der Waals surface area contributed by atoms with E-state index in [2.05, 4.69) is 32.2 Å². The summed E-state index contributed by atoms with van der Waals surface area (Å²) in [5.74, 6) is 0. The second kappa shape index (κ2) is 9.17. The topological polar surface area (TPSA) is 20.2 Å². The highest BCUT2D eigenvalue weighted by atomic mass is 16.3. The molecule has 1 nitrogen and oxygen atoms in total. The molecule has 0 aliphatic rings. The van der Waals surface area contributed by atoms with Gasteiger partial charge in [-0.2, -0.15) is 0 Å². The standard InChI is InChI=1S/C15H24O/c1-5-13(2)8-6-9-14(3)10-7-11-15(4)12-16/h5,9,11,16H,1-2,6-8,10,12H2,3-4H3/b14-9-,15-11+. The average molecular weight is 220 g/mol. The van der Waals surface area contributed by atoms with Gasteiger partial charge in [0, 0.05) is 0 Å². The first-order valence-electron chi connectivity index (χ1n) is 5.82. The molecule has 0 heterocycles. The molecular formula is C15H24O. The molecule has 0 atom stereocenters. The van der Waals surface area contributed by atoms with Crippen LogP contribution in [0.5, 0.6) is 0 Å². The molecule has 0 saturated carbocycles. The van der Waals surface area contributed by atoms with Gasteiger partial charge in [0.2, 0.25) is 0 Å². The summed E-state index contributed by atoms with van der Waals surface area (Å²) in [6.07, 6.45) is 10.3. The van der Waals surface area contributed by atoms with E-state index in [1.54, 1.807) is 0 Å². The van der Waals surface area contributed by atoms with Crippen molar-refractivity contribution in [3.63, 3.8) is 0 Å². The largest absolute Gasteiger partial charge is 0.392 e. The molecule has 0 fully saturated rings. The number of aliphatic hydroxyl groups is 1. The molecule has 0 bridgehead atoms. The molecule has 0 unspecified atom stereocenters. The fraction of sp³-hybridized carbons (Fsp3) is 0.467. The van der Waals surface area contributed by atoms with Crippen molar-refractivity contribution >= 4 is 0 Å². The van der Waals surface area contributed by atoms with Crippen LogP contribution in [-0.2, 0) is 0 Å². The Hall–Kier alpha value is -1.08. The normalized spacial score (nSPS) is 12.7. The van der Waals surface area contributed by atoms with Gasteiger partial charge in [0.05, 0.1) is 6.61 Å². The molecule has 0 amide bonds. The van der Waals surface area contributed by atoms with Crippen LogP contribution in [0.25, 0.3) is 0 Å². The van der Waals surface area contributed by atoms with Crippen molar-refractivity contribution in [1.29, 1.82) is 0 Å². The lowest BCUT2D eigenvalue weighted by molar-refractivity contribution is 0.331. The molecule has 0 aliphatic heterocycles. The van der Waals surface area contributed by atoms with Crippen LogP contribution in [0.1, 0.15) is 39.5 Å². The van der Waals surface area contributed by atoms with Crippen LogP contribution in [0.15, 0.2) is 48.1 Å². The van der Waals surface area contributed by atoms with E-state index in [9.17, 15) is 0 Å². The van der Waals surface area contributed by atoms with Gasteiger partial charge in [0.15, 0.2) is 0 Å². The summed E-state index contributed by atoms with van der Waals surface area (Å²) < 4.78 is 0. The lowest BCUT2D eigenvalue weighted by Crippen LogP contribution is -1.84. The van der Waals surface area contributed by atoms with Crippen LogP contribution in [0.3, 0.4) is 0 Å². The Morgan fingerprint density at radius 1 is 1.06 bits per heavy atom. The maximum Gasteiger partial charge on any atom is 0.0639 e. The zero-order valence-corrected chi connectivity index (χ0v) is 10.6. The van der Waals surface area contributed by atoms with Crippen LogP contribution in [0.4, 0.5) is 0 Å². The lowest BCUT2D eigenvalue weighted by atomic mass is 10.1.